The molecule has 1 fully saturated rings. The van der Waals surface area contributed by atoms with Crippen LogP contribution >= 0.6 is 0 Å². The highest BCUT2D eigenvalue weighted by atomic mass is 16.4. The molecule has 2 N–H and O–H groups in total. The second-order valence-corrected chi connectivity index (χ2v) is 6.88. The molecule has 0 radical (unpaired) electrons. The Morgan fingerprint density at radius 1 is 1.21 bits per heavy atom. The van der Waals surface area contributed by atoms with Crippen molar-refractivity contribution in [3.8, 4) is 0 Å². The van der Waals surface area contributed by atoms with Crippen molar-refractivity contribution in [2.45, 2.75) is 65.8 Å². The van der Waals surface area contributed by atoms with E-state index in [4.69, 9.17) is 5.11 Å². The maximum atomic E-state index is 11.2. The van der Waals surface area contributed by atoms with Crippen LogP contribution in [0.2, 0.25) is 0 Å². The molecule has 1 aliphatic rings. The summed E-state index contributed by atoms with van der Waals surface area (Å²) in [7, 11) is 0. The van der Waals surface area contributed by atoms with Crippen molar-refractivity contribution in [2.75, 3.05) is 0 Å². The largest absolute Gasteiger partial charge is 0.481 e. The highest BCUT2D eigenvalue weighted by Crippen LogP contribution is 2.41. The molecule has 0 bridgehead atoms. The fourth-order valence-electron chi connectivity index (χ4n) is 3.17. The van der Waals surface area contributed by atoms with Crippen molar-refractivity contribution in [2.24, 2.45) is 17.3 Å². The van der Waals surface area contributed by atoms with Gasteiger partial charge < -0.3 is 10.4 Å². The smallest absolute Gasteiger partial charge is 0.305 e. The van der Waals surface area contributed by atoms with Gasteiger partial charge >= 0.3 is 5.97 Å². The topological polar surface area (TPSA) is 66.4 Å². The normalized spacial score (nSPS) is 25.7. The molecule has 1 amide bonds. The van der Waals surface area contributed by atoms with Crippen LogP contribution in [0.3, 0.4) is 0 Å². The van der Waals surface area contributed by atoms with Gasteiger partial charge in [-0.1, -0.05) is 20.8 Å². The summed E-state index contributed by atoms with van der Waals surface area (Å²) in [4.78, 5) is 22.1. The second-order valence-electron chi connectivity index (χ2n) is 6.88. The van der Waals surface area contributed by atoms with E-state index in [0.29, 0.717) is 17.3 Å². The summed E-state index contributed by atoms with van der Waals surface area (Å²) in [5.41, 5.74) is 0.321. The predicted molar refractivity (Wildman–Crippen MR) is 74.8 cm³/mol. The van der Waals surface area contributed by atoms with Gasteiger partial charge in [0.2, 0.25) is 5.91 Å². The van der Waals surface area contributed by atoms with E-state index in [1.807, 2.05) is 0 Å². The van der Waals surface area contributed by atoms with E-state index in [1.165, 1.54) is 6.92 Å². The molecule has 4 nitrogen and oxygen atoms in total. The molecule has 0 heterocycles. The maximum absolute atomic E-state index is 11.2. The summed E-state index contributed by atoms with van der Waals surface area (Å²) in [6.07, 6.45) is 4.32. The van der Waals surface area contributed by atoms with Gasteiger partial charge in [0.25, 0.3) is 0 Å². The average Bonchev–Trinajstić information content (AvgIpc) is 2.26. The van der Waals surface area contributed by atoms with Crippen molar-refractivity contribution in [1.29, 1.82) is 0 Å². The zero-order chi connectivity index (χ0) is 14.6. The summed E-state index contributed by atoms with van der Waals surface area (Å²) in [6, 6.07) is -0.212. The molecule has 110 valence electrons. The van der Waals surface area contributed by atoms with Gasteiger partial charge in [0.1, 0.15) is 0 Å². The van der Waals surface area contributed by atoms with Gasteiger partial charge in [-0.05, 0) is 42.9 Å². The van der Waals surface area contributed by atoms with Crippen LogP contribution in [0.25, 0.3) is 0 Å². The van der Waals surface area contributed by atoms with Crippen LogP contribution < -0.4 is 5.32 Å². The van der Waals surface area contributed by atoms with Gasteiger partial charge in [-0.2, -0.15) is 0 Å². The van der Waals surface area contributed by atoms with E-state index in [1.54, 1.807) is 0 Å². The number of rotatable bonds is 4. The summed E-state index contributed by atoms with van der Waals surface area (Å²) in [5.74, 6) is 0.0334. The molecule has 1 rings (SSSR count). The van der Waals surface area contributed by atoms with Gasteiger partial charge in [-0.25, -0.2) is 0 Å². The third-order valence-electron chi connectivity index (χ3n) is 4.35. The molecule has 1 atom stereocenters. The number of amides is 1. The molecule has 1 aliphatic carbocycles. The molecule has 1 saturated carbocycles. The molecule has 19 heavy (non-hydrogen) atoms. The molecule has 0 saturated heterocycles. The van der Waals surface area contributed by atoms with Crippen molar-refractivity contribution in [1.82, 2.24) is 5.32 Å². The van der Waals surface area contributed by atoms with E-state index in [9.17, 15) is 9.59 Å². The van der Waals surface area contributed by atoms with Crippen LogP contribution in [0.1, 0.15) is 59.8 Å². The number of carboxylic acids is 1. The van der Waals surface area contributed by atoms with Crippen LogP contribution in [0.4, 0.5) is 0 Å². The molecule has 0 aromatic rings. The molecule has 0 aromatic carbocycles. The van der Waals surface area contributed by atoms with Crippen molar-refractivity contribution >= 4 is 11.9 Å². The molecule has 0 aliphatic heterocycles. The first-order chi connectivity index (χ1) is 8.70. The zero-order valence-corrected chi connectivity index (χ0v) is 12.5. The summed E-state index contributed by atoms with van der Waals surface area (Å²) >= 11 is 0. The SMILES string of the molecule is CC(=O)NC(CC(=O)O)C1CCC(C(C)(C)C)CC1. The number of carboxylic acid groups (broad SMARTS) is 1. The summed E-state index contributed by atoms with van der Waals surface area (Å²) < 4.78 is 0. The van der Waals surface area contributed by atoms with Gasteiger partial charge in [0.15, 0.2) is 0 Å². The average molecular weight is 269 g/mol. The van der Waals surface area contributed by atoms with Crippen molar-refractivity contribution < 1.29 is 14.7 Å². The Morgan fingerprint density at radius 3 is 2.11 bits per heavy atom. The number of carbonyl (C=O) groups is 2. The first-order valence-corrected chi connectivity index (χ1v) is 7.19. The molecule has 0 spiro atoms. The Kier molecular flexibility index (Phi) is 5.39. The molecular formula is C15H27NO3. The fourth-order valence-corrected chi connectivity index (χ4v) is 3.17. The van der Waals surface area contributed by atoms with E-state index in [-0.39, 0.29) is 18.4 Å². The number of carbonyl (C=O) groups excluding carboxylic acids is 1. The highest BCUT2D eigenvalue weighted by molar-refractivity contribution is 5.75. The summed E-state index contributed by atoms with van der Waals surface area (Å²) in [6.45, 7) is 8.25. The lowest BCUT2D eigenvalue weighted by Crippen LogP contribution is -2.42. The lowest BCUT2D eigenvalue weighted by Gasteiger charge is -2.39. The first-order valence-electron chi connectivity index (χ1n) is 7.19. The van der Waals surface area contributed by atoms with Gasteiger partial charge in [-0.15, -0.1) is 0 Å². The Hall–Kier alpha value is -1.06. The van der Waals surface area contributed by atoms with Gasteiger partial charge in [-0.3, -0.25) is 9.59 Å². The predicted octanol–water partition coefficient (Wildman–Crippen LogP) is 2.82. The number of hydrogen-bond donors (Lipinski definition) is 2. The Morgan fingerprint density at radius 2 is 1.74 bits per heavy atom. The second kappa shape index (κ2) is 6.40. The van der Waals surface area contributed by atoms with E-state index in [0.717, 1.165) is 25.7 Å². The minimum absolute atomic E-state index is 0.0322. The monoisotopic (exact) mass is 269 g/mol. The van der Waals surface area contributed by atoms with E-state index < -0.39 is 5.97 Å². The molecular weight excluding hydrogens is 242 g/mol. The first kappa shape index (κ1) is 16.0. The lowest BCUT2D eigenvalue weighted by atomic mass is 9.68. The van der Waals surface area contributed by atoms with Crippen molar-refractivity contribution in [3.05, 3.63) is 0 Å². The maximum Gasteiger partial charge on any atom is 0.305 e. The standard InChI is InChI=1S/C15H27NO3/c1-10(17)16-13(9-14(18)19)11-5-7-12(8-6-11)15(2,3)4/h11-13H,5-9H2,1-4H3,(H,16,17)(H,18,19). The van der Waals surface area contributed by atoms with Gasteiger partial charge in [0.05, 0.1) is 6.42 Å². The fraction of sp³-hybridized carbons (Fsp3) is 0.867. The van der Waals surface area contributed by atoms with E-state index in [2.05, 4.69) is 26.1 Å². The van der Waals surface area contributed by atoms with E-state index >= 15 is 0 Å². The Balaban J connectivity index is 2.58. The van der Waals surface area contributed by atoms with Crippen LogP contribution in [-0.2, 0) is 9.59 Å². The van der Waals surface area contributed by atoms with Crippen LogP contribution in [0, 0.1) is 17.3 Å². The minimum Gasteiger partial charge on any atom is -0.481 e. The molecule has 0 aromatic heterocycles. The number of aliphatic carboxylic acids is 1. The number of nitrogens with one attached hydrogen (secondary N) is 1. The lowest BCUT2D eigenvalue weighted by molar-refractivity contribution is -0.138. The van der Waals surface area contributed by atoms with Crippen molar-refractivity contribution in [3.63, 3.8) is 0 Å². The third-order valence-corrected chi connectivity index (χ3v) is 4.35. The summed E-state index contributed by atoms with van der Waals surface area (Å²) in [5, 5.41) is 11.8. The number of hydrogen-bond acceptors (Lipinski definition) is 2. The third kappa shape index (κ3) is 5.21. The molecule has 1 unspecified atom stereocenters. The minimum atomic E-state index is -0.836. The Labute approximate surface area is 116 Å². The molecule has 4 heteroatoms. The Bertz CT molecular complexity index is 309. The zero-order valence-electron chi connectivity index (χ0n) is 12.5. The highest BCUT2D eigenvalue weighted by Gasteiger charge is 2.33. The van der Waals surface area contributed by atoms with Crippen LogP contribution in [0.15, 0.2) is 0 Å². The van der Waals surface area contributed by atoms with Crippen LogP contribution in [-0.4, -0.2) is 23.0 Å². The van der Waals surface area contributed by atoms with Gasteiger partial charge in [0, 0.05) is 13.0 Å². The van der Waals surface area contributed by atoms with Crippen LogP contribution in [0.5, 0.6) is 0 Å². The quantitative estimate of drug-likeness (QED) is 0.824.